The van der Waals surface area contributed by atoms with Gasteiger partial charge in [-0.05, 0) is 0 Å². The van der Waals surface area contributed by atoms with Crippen LogP contribution in [0, 0.1) is 0 Å². The average Bonchev–Trinajstić information content (AvgIpc) is 2.21. The molecule has 1 aromatic heterocycles. The normalized spacial score (nSPS) is 15.5. The molecule has 0 saturated carbocycles. The first-order valence-electron chi connectivity index (χ1n) is 4.39. The third kappa shape index (κ3) is 1.55. The van der Waals surface area contributed by atoms with E-state index in [0.717, 1.165) is 0 Å². The van der Waals surface area contributed by atoms with Crippen LogP contribution in [-0.4, -0.2) is 6.91 Å². The van der Waals surface area contributed by atoms with Crippen molar-refractivity contribution in [1.82, 2.24) is 0 Å². The predicted molar refractivity (Wildman–Crippen MR) is 54.1 cm³/mol. The maximum atomic E-state index is 2.30. The Hall–Kier alpha value is -1.11. The Morgan fingerprint density at radius 2 is 2.17 bits per heavy atom. The van der Waals surface area contributed by atoms with Gasteiger partial charge in [-0.3, -0.25) is 0 Å². The summed E-state index contributed by atoms with van der Waals surface area (Å²) in [5.41, 5.74) is 2.69. The van der Waals surface area contributed by atoms with E-state index < -0.39 is 0 Å². The van der Waals surface area contributed by atoms with Crippen LogP contribution in [-0.2, 0) is 0 Å². The molecule has 0 aromatic carbocycles. The van der Waals surface area contributed by atoms with Crippen molar-refractivity contribution in [2.75, 3.05) is 0 Å². The van der Waals surface area contributed by atoms with Crippen molar-refractivity contribution in [1.29, 1.82) is 0 Å². The van der Waals surface area contributed by atoms with E-state index in [1.807, 2.05) is 0 Å². The second-order valence-electron chi connectivity index (χ2n) is 3.01. The molecular weight excluding hydrogens is 143 g/mol. The molecule has 1 aromatic rings. The van der Waals surface area contributed by atoms with Crippen molar-refractivity contribution < 1.29 is 0 Å². The van der Waals surface area contributed by atoms with Gasteiger partial charge in [0.05, 0.1) is 0 Å². The van der Waals surface area contributed by atoms with Crippen LogP contribution in [0.3, 0.4) is 0 Å². The van der Waals surface area contributed by atoms with Crippen molar-refractivity contribution in [3.05, 3.63) is 47.8 Å². The number of hydrogen-bond donors (Lipinski definition) is 0. The van der Waals surface area contributed by atoms with E-state index in [1.165, 1.54) is 23.9 Å². The van der Waals surface area contributed by atoms with Crippen LogP contribution < -0.4 is 0 Å². The molecule has 0 bridgehead atoms. The van der Waals surface area contributed by atoms with E-state index in [2.05, 4.69) is 49.3 Å². The monoisotopic (exact) mass is 154 g/mol. The molecule has 58 valence electrons. The third-order valence-corrected chi connectivity index (χ3v) is 2.10. The van der Waals surface area contributed by atoms with Gasteiger partial charge in [0, 0.05) is 0 Å². The Morgan fingerprint density at radius 1 is 1.17 bits per heavy atom. The van der Waals surface area contributed by atoms with Crippen molar-refractivity contribution in [3.63, 3.8) is 0 Å². The summed E-state index contributed by atoms with van der Waals surface area (Å²) in [6.45, 7) is 2.15. The topological polar surface area (TPSA) is 0 Å². The summed E-state index contributed by atoms with van der Waals surface area (Å²) < 4.78 is 0. The fraction of sp³-hybridized carbons (Fsp3) is 0.182. The van der Waals surface area contributed by atoms with E-state index in [1.54, 1.807) is 0 Å². The van der Waals surface area contributed by atoms with Crippen molar-refractivity contribution in [3.8, 4) is 0 Å². The van der Waals surface area contributed by atoms with Crippen LogP contribution in [0.2, 0.25) is 0 Å². The number of rotatable bonds is 1. The van der Waals surface area contributed by atoms with Crippen LogP contribution in [0.1, 0.15) is 18.3 Å². The summed E-state index contributed by atoms with van der Waals surface area (Å²) in [5, 5.41) is 0. The molecular formula is C11H11B. The van der Waals surface area contributed by atoms with Gasteiger partial charge in [0.25, 0.3) is 0 Å². The summed E-state index contributed by atoms with van der Waals surface area (Å²) in [5.74, 6) is 2.08. The van der Waals surface area contributed by atoms with Gasteiger partial charge in [-0.15, -0.1) is 0 Å². The number of hydrogen-bond acceptors (Lipinski definition) is 0. The minimum absolute atomic E-state index is 1.18. The second-order valence-corrected chi connectivity index (χ2v) is 3.01. The number of allylic oxidation sites excluding steroid dienone is 4. The molecule has 1 aliphatic rings. The molecule has 0 nitrogen and oxygen atoms in total. The Balaban J connectivity index is 2.31. The summed E-state index contributed by atoms with van der Waals surface area (Å²) in [4.78, 5) is 0. The Kier molecular flexibility index (Phi) is 2.22. The molecule has 0 atom stereocenters. The molecule has 0 saturated heterocycles. The first-order valence-corrected chi connectivity index (χ1v) is 4.39. The van der Waals surface area contributed by atoms with E-state index in [4.69, 9.17) is 0 Å². The summed E-state index contributed by atoms with van der Waals surface area (Å²) >= 11 is 0. The summed E-state index contributed by atoms with van der Waals surface area (Å²) in [7, 11) is 0. The Bertz CT molecular complexity index is 309. The first kappa shape index (κ1) is 7.54. The zero-order valence-corrected chi connectivity index (χ0v) is 7.03. The van der Waals surface area contributed by atoms with Crippen LogP contribution in [0.4, 0.5) is 0 Å². The van der Waals surface area contributed by atoms with Crippen LogP contribution in [0.15, 0.2) is 42.4 Å². The van der Waals surface area contributed by atoms with E-state index in [-0.39, 0.29) is 0 Å². The first-order chi connectivity index (χ1) is 5.97. The van der Waals surface area contributed by atoms with Crippen LogP contribution in [0.25, 0.3) is 5.57 Å². The Labute approximate surface area is 73.8 Å². The van der Waals surface area contributed by atoms with Gasteiger partial charge in [0.2, 0.25) is 0 Å². The standard InChI is InChI=1S/C11H11B/c1-2-6-10(7-3-1)11-8-4-5-9-12-11/h2,4-9H,1,3H2. The van der Waals surface area contributed by atoms with Gasteiger partial charge in [-0.2, -0.15) is 0 Å². The zero-order chi connectivity index (χ0) is 8.23. The molecule has 0 amide bonds. The molecule has 0 spiro atoms. The molecule has 1 heteroatoms. The van der Waals surface area contributed by atoms with Gasteiger partial charge >= 0.3 is 73.2 Å². The molecule has 0 fully saturated rings. The summed E-state index contributed by atoms with van der Waals surface area (Å²) in [6, 6.07) is 6.29. The molecule has 2 rings (SSSR count). The Morgan fingerprint density at radius 3 is 2.83 bits per heavy atom. The molecule has 1 heterocycles. The van der Waals surface area contributed by atoms with Crippen LogP contribution >= 0.6 is 0 Å². The van der Waals surface area contributed by atoms with Gasteiger partial charge < -0.3 is 0 Å². The van der Waals surface area contributed by atoms with Crippen molar-refractivity contribution in [2.45, 2.75) is 12.8 Å². The fourth-order valence-corrected chi connectivity index (χ4v) is 1.46. The van der Waals surface area contributed by atoms with Crippen molar-refractivity contribution in [2.24, 2.45) is 0 Å². The quantitative estimate of drug-likeness (QED) is 0.583. The van der Waals surface area contributed by atoms with Gasteiger partial charge in [-0.25, -0.2) is 0 Å². The maximum absolute atomic E-state index is 2.30. The predicted octanol–water partition coefficient (Wildman–Crippen LogP) is 2.76. The molecule has 1 aliphatic carbocycles. The van der Waals surface area contributed by atoms with Gasteiger partial charge in [0.1, 0.15) is 0 Å². The van der Waals surface area contributed by atoms with E-state index in [9.17, 15) is 0 Å². The third-order valence-electron chi connectivity index (χ3n) is 2.10. The molecule has 0 unspecified atom stereocenters. The minimum atomic E-state index is 1.18. The summed E-state index contributed by atoms with van der Waals surface area (Å²) in [6.07, 6.45) is 9.12. The molecule has 0 N–H and O–H groups in total. The van der Waals surface area contributed by atoms with E-state index >= 15 is 0 Å². The van der Waals surface area contributed by atoms with Gasteiger partial charge in [-0.1, -0.05) is 0 Å². The molecule has 12 heavy (non-hydrogen) atoms. The molecule has 0 radical (unpaired) electrons. The SMILES string of the molecule is b1ccccc1C1=CCCC=C1. The van der Waals surface area contributed by atoms with Crippen LogP contribution in [0.5, 0.6) is 0 Å². The van der Waals surface area contributed by atoms with Gasteiger partial charge in [0.15, 0.2) is 0 Å². The fourth-order valence-electron chi connectivity index (χ4n) is 1.46. The second kappa shape index (κ2) is 3.53. The average molecular weight is 154 g/mol. The zero-order valence-electron chi connectivity index (χ0n) is 7.03. The molecule has 0 aliphatic heterocycles. The van der Waals surface area contributed by atoms with E-state index in [0.29, 0.717) is 0 Å². The van der Waals surface area contributed by atoms with Crippen molar-refractivity contribution >= 4 is 12.5 Å².